The lowest BCUT2D eigenvalue weighted by atomic mass is 9.72. The van der Waals surface area contributed by atoms with Gasteiger partial charge >= 0.3 is 0 Å². The van der Waals surface area contributed by atoms with Crippen molar-refractivity contribution in [2.24, 2.45) is 29.4 Å². The van der Waals surface area contributed by atoms with Crippen LogP contribution < -0.4 is 5.73 Å². The monoisotopic (exact) mass is 239 g/mol. The maximum atomic E-state index is 6.50. The molecule has 0 radical (unpaired) electrons. The molecule has 2 aliphatic carbocycles. The van der Waals surface area contributed by atoms with Crippen molar-refractivity contribution < 1.29 is 4.74 Å². The van der Waals surface area contributed by atoms with E-state index >= 15 is 0 Å². The molecule has 5 atom stereocenters. The van der Waals surface area contributed by atoms with E-state index in [1.54, 1.807) is 0 Å². The molecule has 2 aliphatic rings. The highest BCUT2D eigenvalue weighted by Crippen LogP contribution is 2.41. The normalized spacial score (nSPS) is 37.8. The Hall–Kier alpha value is -0.0800. The van der Waals surface area contributed by atoms with Gasteiger partial charge in [-0.25, -0.2) is 0 Å². The lowest BCUT2D eigenvalue weighted by molar-refractivity contribution is 0.00299. The molecular weight excluding hydrogens is 210 g/mol. The molecule has 5 unspecified atom stereocenters. The molecule has 0 aromatic carbocycles. The van der Waals surface area contributed by atoms with Crippen molar-refractivity contribution in [3.05, 3.63) is 0 Å². The lowest BCUT2D eigenvalue weighted by Crippen LogP contribution is -2.46. The number of hydrogen-bond acceptors (Lipinski definition) is 2. The Morgan fingerprint density at radius 3 is 2.24 bits per heavy atom. The van der Waals surface area contributed by atoms with Gasteiger partial charge < -0.3 is 10.5 Å². The number of hydrogen-bond donors (Lipinski definition) is 1. The van der Waals surface area contributed by atoms with Gasteiger partial charge in [0, 0.05) is 12.6 Å². The van der Waals surface area contributed by atoms with Gasteiger partial charge in [0.1, 0.15) is 0 Å². The summed E-state index contributed by atoms with van der Waals surface area (Å²) in [6.45, 7) is 7.67. The Labute approximate surface area is 106 Å². The number of rotatable bonds is 5. The minimum atomic E-state index is 0.275. The van der Waals surface area contributed by atoms with Crippen LogP contribution in [0.15, 0.2) is 0 Å². The molecule has 0 aromatic heterocycles. The first-order valence-corrected chi connectivity index (χ1v) is 7.50. The zero-order chi connectivity index (χ0) is 12.4. The highest BCUT2D eigenvalue weighted by molar-refractivity contribution is 4.93. The van der Waals surface area contributed by atoms with E-state index in [1.807, 2.05) is 0 Å². The van der Waals surface area contributed by atoms with Gasteiger partial charge in [-0.3, -0.25) is 0 Å². The first kappa shape index (κ1) is 13.4. The molecule has 2 rings (SSSR count). The van der Waals surface area contributed by atoms with Gasteiger partial charge in [-0.15, -0.1) is 0 Å². The van der Waals surface area contributed by atoms with Gasteiger partial charge in [0.2, 0.25) is 0 Å². The van der Waals surface area contributed by atoms with E-state index in [2.05, 4.69) is 20.8 Å². The van der Waals surface area contributed by atoms with Crippen LogP contribution in [0.3, 0.4) is 0 Å². The number of ether oxygens (including phenoxy) is 1. The Morgan fingerprint density at radius 2 is 1.71 bits per heavy atom. The molecule has 0 spiro atoms. The first-order valence-electron chi connectivity index (χ1n) is 7.50. The van der Waals surface area contributed by atoms with E-state index in [0.29, 0.717) is 12.0 Å². The van der Waals surface area contributed by atoms with Crippen molar-refractivity contribution in [2.45, 2.75) is 65.0 Å². The van der Waals surface area contributed by atoms with E-state index in [9.17, 15) is 0 Å². The molecule has 2 fully saturated rings. The van der Waals surface area contributed by atoms with Gasteiger partial charge in [-0.2, -0.15) is 0 Å². The first-order chi connectivity index (χ1) is 8.13. The summed E-state index contributed by atoms with van der Waals surface area (Å²) in [5.74, 6) is 3.17. The Bertz CT molecular complexity index is 239. The average molecular weight is 239 g/mol. The zero-order valence-electron chi connectivity index (χ0n) is 11.7. The standard InChI is InChI=1S/C15H29NO/c1-4-17-15(12-7-8-12)14(16)13-6-5-10(2)11(3)9-13/h10-15H,4-9,16H2,1-3H3. The van der Waals surface area contributed by atoms with E-state index in [4.69, 9.17) is 10.5 Å². The summed E-state index contributed by atoms with van der Waals surface area (Å²) in [5, 5.41) is 0. The smallest absolute Gasteiger partial charge is 0.0756 e. The predicted octanol–water partition coefficient (Wildman–Crippen LogP) is 3.20. The summed E-state index contributed by atoms with van der Waals surface area (Å²) in [6.07, 6.45) is 6.96. The van der Waals surface area contributed by atoms with Crippen LogP contribution in [0.4, 0.5) is 0 Å². The quantitative estimate of drug-likeness (QED) is 0.799. The van der Waals surface area contributed by atoms with Crippen molar-refractivity contribution in [2.75, 3.05) is 6.61 Å². The molecule has 0 heterocycles. The predicted molar refractivity (Wildman–Crippen MR) is 71.8 cm³/mol. The highest BCUT2D eigenvalue weighted by atomic mass is 16.5. The van der Waals surface area contributed by atoms with Gasteiger partial charge in [0.05, 0.1) is 6.10 Å². The lowest BCUT2D eigenvalue weighted by Gasteiger charge is -2.38. The van der Waals surface area contributed by atoms with E-state index in [-0.39, 0.29) is 6.04 Å². The fourth-order valence-corrected chi connectivity index (χ4v) is 3.39. The molecule has 0 amide bonds. The largest absolute Gasteiger partial charge is 0.377 e. The van der Waals surface area contributed by atoms with Gasteiger partial charge in [0.25, 0.3) is 0 Å². The fraction of sp³-hybridized carbons (Fsp3) is 1.00. The second kappa shape index (κ2) is 5.71. The van der Waals surface area contributed by atoms with Crippen LogP contribution in [0, 0.1) is 23.7 Å². The maximum Gasteiger partial charge on any atom is 0.0756 e. The van der Waals surface area contributed by atoms with Crippen molar-refractivity contribution in [3.63, 3.8) is 0 Å². The van der Waals surface area contributed by atoms with Crippen LogP contribution >= 0.6 is 0 Å². The van der Waals surface area contributed by atoms with E-state index in [1.165, 1.54) is 32.1 Å². The zero-order valence-corrected chi connectivity index (χ0v) is 11.7. The summed E-state index contributed by atoms with van der Waals surface area (Å²) in [6, 6.07) is 0.275. The minimum Gasteiger partial charge on any atom is -0.377 e. The molecule has 0 aliphatic heterocycles. The van der Waals surface area contributed by atoms with E-state index < -0.39 is 0 Å². The SMILES string of the molecule is CCOC(C1CC1)C(N)C1CCC(C)C(C)C1. The molecule has 0 saturated heterocycles. The summed E-state index contributed by atoms with van der Waals surface area (Å²) < 4.78 is 5.92. The number of nitrogens with two attached hydrogens (primary N) is 1. The molecular formula is C15H29NO. The van der Waals surface area contributed by atoms with Gasteiger partial charge in [-0.1, -0.05) is 20.3 Å². The highest BCUT2D eigenvalue weighted by Gasteiger charge is 2.40. The molecule has 2 saturated carbocycles. The summed E-state index contributed by atoms with van der Waals surface area (Å²) in [5.41, 5.74) is 6.50. The third kappa shape index (κ3) is 3.23. The van der Waals surface area contributed by atoms with Crippen LogP contribution in [0.1, 0.15) is 52.9 Å². The summed E-state index contributed by atoms with van der Waals surface area (Å²) >= 11 is 0. The van der Waals surface area contributed by atoms with E-state index in [0.717, 1.165) is 24.4 Å². The molecule has 17 heavy (non-hydrogen) atoms. The molecule has 2 nitrogen and oxygen atoms in total. The van der Waals surface area contributed by atoms with Crippen molar-refractivity contribution in [1.82, 2.24) is 0 Å². The van der Waals surface area contributed by atoms with Gasteiger partial charge in [0.15, 0.2) is 0 Å². The average Bonchev–Trinajstić information content (AvgIpc) is 3.13. The third-order valence-electron chi connectivity index (χ3n) is 5.01. The summed E-state index contributed by atoms with van der Waals surface area (Å²) in [7, 11) is 0. The topological polar surface area (TPSA) is 35.2 Å². The molecule has 0 bridgehead atoms. The van der Waals surface area contributed by atoms with Crippen LogP contribution in [0.2, 0.25) is 0 Å². The Balaban J connectivity index is 1.90. The van der Waals surface area contributed by atoms with Gasteiger partial charge in [-0.05, 0) is 56.3 Å². The molecule has 100 valence electrons. The van der Waals surface area contributed by atoms with Crippen LogP contribution in [0.25, 0.3) is 0 Å². The van der Waals surface area contributed by atoms with Crippen molar-refractivity contribution in [3.8, 4) is 0 Å². The van der Waals surface area contributed by atoms with Crippen LogP contribution in [-0.2, 0) is 4.74 Å². The maximum absolute atomic E-state index is 6.50. The second-order valence-corrected chi connectivity index (χ2v) is 6.36. The molecule has 2 N–H and O–H groups in total. The third-order valence-corrected chi connectivity index (χ3v) is 5.01. The van der Waals surface area contributed by atoms with Crippen molar-refractivity contribution in [1.29, 1.82) is 0 Å². The van der Waals surface area contributed by atoms with Crippen LogP contribution in [-0.4, -0.2) is 18.8 Å². The van der Waals surface area contributed by atoms with Crippen molar-refractivity contribution >= 4 is 0 Å². The Morgan fingerprint density at radius 1 is 1.06 bits per heavy atom. The van der Waals surface area contributed by atoms with Crippen LogP contribution in [0.5, 0.6) is 0 Å². The molecule has 2 heteroatoms. The minimum absolute atomic E-state index is 0.275. The molecule has 0 aromatic rings. The fourth-order valence-electron chi connectivity index (χ4n) is 3.39. The Kier molecular flexibility index (Phi) is 4.48. The summed E-state index contributed by atoms with van der Waals surface area (Å²) in [4.78, 5) is 0. The second-order valence-electron chi connectivity index (χ2n) is 6.36.